The second kappa shape index (κ2) is 7.53. The van der Waals surface area contributed by atoms with E-state index in [2.05, 4.69) is 31.4 Å². The molecular formula is C18H13BrN4O3S. The van der Waals surface area contributed by atoms with E-state index in [1.54, 1.807) is 12.1 Å². The molecule has 0 saturated carbocycles. The molecule has 7 nitrogen and oxygen atoms in total. The topological polar surface area (TPSA) is 88.3 Å². The van der Waals surface area contributed by atoms with Crippen molar-refractivity contribution >= 4 is 50.9 Å². The van der Waals surface area contributed by atoms with Crippen molar-refractivity contribution < 1.29 is 14.0 Å². The van der Waals surface area contributed by atoms with Gasteiger partial charge in [0.05, 0.1) is 17.1 Å². The van der Waals surface area contributed by atoms with Crippen molar-refractivity contribution in [1.82, 2.24) is 10.2 Å². The summed E-state index contributed by atoms with van der Waals surface area (Å²) >= 11 is 4.52. The van der Waals surface area contributed by atoms with E-state index in [1.165, 1.54) is 4.90 Å². The number of anilines is 2. The lowest BCUT2D eigenvalue weighted by molar-refractivity contribution is -0.120. The summed E-state index contributed by atoms with van der Waals surface area (Å²) in [5.41, 5.74) is 2.11. The number of hydrogen-bond acceptors (Lipinski definition) is 6. The van der Waals surface area contributed by atoms with Gasteiger partial charge < -0.3 is 14.6 Å². The van der Waals surface area contributed by atoms with Crippen LogP contribution >= 0.6 is 27.7 Å². The highest BCUT2D eigenvalue weighted by Crippen LogP contribution is 2.30. The number of nitrogens with zero attached hydrogens (tertiary/aromatic N) is 3. The number of thioether (sulfide) groups is 1. The molecule has 0 bridgehead atoms. The van der Waals surface area contributed by atoms with E-state index in [9.17, 15) is 9.59 Å². The molecule has 0 spiro atoms. The maximum absolute atomic E-state index is 12.6. The maximum atomic E-state index is 12.6. The third-order valence-electron chi connectivity index (χ3n) is 3.89. The molecule has 27 heavy (non-hydrogen) atoms. The first-order valence-corrected chi connectivity index (χ1v) is 9.79. The number of aromatic nitrogens is 2. The first-order chi connectivity index (χ1) is 13.1. The molecule has 1 N–H and O–H groups in total. The molecule has 1 aromatic heterocycles. The number of nitrogens with one attached hydrogen (secondary N) is 1. The fourth-order valence-electron chi connectivity index (χ4n) is 2.63. The summed E-state index contributed by atoms with van der Waals surface area (Å²) in [7, 11) is 0. The second-order valence-electron chi connectivity index (χ2n) is 5.71. The fourth-order valence-corrected chi connectivity index (χ4v) is 3.54. The first kappa shape index (κ1) is 17.7. The standard InChI is InChI=1S/C18H13BrN4O3S/c19-12-7-5-11(6-8-12)17-21-22-18(26-17)27-10-16(25)23-9-15(24)20-13-3-1-2-4-14(13)23/h1-8H,9-10H2,(H,20,24). The number of para-hydroxylation sites is 2. The van der Waals surface area contributed by atoms with Gasteiger partial charge in [-0.2, -0.15) is 0 Å². The molecule has 3 aromatic rings. The minimum absolute atomic E-state index is 0.00954. The zero-order chi connectivity index (χ0) is 18.8. The summed E-state index contributed by atoms with van der Waals surface area (Å²) in [6.07, 6.45) is 0. The Labute approximate surface area is 167 Å². The minimum Gasteiger partial charge on any atom is -0.411 e. The van der Waals surface area contributed by atoms with Gasteiger partial charge in [0.25, 0.3) is 5.22 Å². The number of rotatable bonds is 4. The molecule has 136 valence electrons. The number of carbonyl (C=O) groups is 2. The van der Waals surface area contributed by atoms with Crippen molar-refractivity contribution in [3.05, 3.63) is 53.0 Å². The van der Waals surface area contributed by atoms with Crippen LogP contribution in [0.4, 0.5) is 11.4 Å². The average molecular weight is 445 g/mol. The van der Waals surface area contributed by atoms with Gasteiger partial charge in [-0.05, 0) is 36.4 Å². The molecule has 1 aliphatic heterocycles. The molecule has 1 aliphatic rings. The maximum Gasteiger partial charge on any atom is 0.277 e. The van der Waals surface area contributed by atoms with Gasteiger partial charge >= 0.3 is 0 Å². The van der Waals surface area contributed by atoms with Crippen LogP contribution in [0.25, 0.3) is 11.5 Å². The smallest absolute Gasteiger partial charge is 0.277 e. The molecule has 9 heteroatoms. The Hall–Kier alpha value is -2.65. The highest BCUT2D eigenvalue weighted by atomic mass is 79.9. The van der Waals surface area contributed by atoms with Gasteiger partial charge in [-0.25, -0.2) is 0 Å². The van der Waals surface area contributed by atoms with Crippen LogP contribution in [0.15, 0.2) is 62.6 Å². The third-order valence-corrected chi connectivity index (χ3v) is 5.22. The summed E-state index contributed by atoms with van der Waals surface area (Å²) in [5, 5.41) is 11.1. The predicted molar refractivity (Wildman–Crippen MR) is 106 cm³/mol. The number of benzene rings is 2. The van der Waals surface area contributed by atoms with Gasteiger partial charge in [-0.15, -0.1) is 10.2 Å². The second-order valence-corrected chi connectivity index (χ2v) is 7.56. The zero-order valence-corrected chi connectivity index (χ0v) is 16.3. The molecule has 2 aromatic carbocycles. The number of hydrogen-bond donors (Lipinski definition) is 1. The van der Waals surface area contributed by atoms with Gasteiger partial charge in [0, 0.05) is 10.0 Å². The Morgan fingerprint density at radius 3 is 2.78 bits per heavy atom. The molecule has 0 radical (unpaired) electrons. The summed E-state index contributed by atoms with van der Waals surface area (Å²) in [6, 6.07) is 14.7. The van der Waals surface area contributed by atoms with Crippen molar-refractivity contribution in [3.63, 3.8) is 0 Å². The summed E-state index contributed by atoms with van der Waals surface area (Å²) in [5.74, 6) is 0.0528. The molecule has 0 atom stereocenters. The van der Waals surface area contributed by atoms with Crippen molar-refractivity contribution in [2.24, 2.45) is 0 Å². The number of halogens is 1. The largest absolute Gasteiger partial charge is 0.411 e. The summed E-state index contributed by atoms with van der Waals surface area (Å²) < 4.78 is 6.57. The molecule has 2 heterocycles. The van der Waals surface area contributed by atoms with Crippen molar-refractivity contribution in [2.45, 2.75) is 5.22 Å². The zero-order valence-electron chi connectivity index (χ0n) is 13.9. The highest BCUT2D eigenvalue weighted by molar-refractivity contribution is 9.10. The van der Waals surface area contributed by atoms with Gasteiger partial charge in [0.1, 0.15) is 6.54 Å². The Morgan fingerprint density at radius 1 is 1.19 bits per heavy atom. The molecule has 0 fully saturated rings. The lowest BCUT2D eigenvalue weighted by Crippen LogP contribution is -2.43. The van der Waals surface area contributed by atoms with E-state index in [4.69, 9.17) is 4.42 Å². The molecule has 0 aliphatic carbocycles. The summed E-state index contributed by atoms with van der Waals surface area (Å²) in [4.78, 5) is 25.9. The molecule has 2 amide bonds. The number of amides is 2. The van der Waals surface area contributed by atoms with Gasteiger partial charge in [0.2, 0.25) is 17.7 Å². The van der Waals surface area contributed by atoms with Crippen LogP contribution in [-0.4, -0.2) is 34.3 Å². The van der Waals surface area contributed by atoms with Crippen LogP contribution in [0.2, 0.25) is 0 Å². The first-order valence-electron chi connectivity index (χ1n) is 8.01. The van der Waals surface area contributed by atoms with Crippen LogP contribution in [0.1, 0.15) is 0 Å². The van der Waals surface area contributed by atoms with Crippen LogP contribution in [0.5, 0.6) is 0 Å². The SMILES string of the molecule is O=C1CN(C(=O)CSc2nnc(-c3ccc(Br)cc3)o2)c2ccccc2N1. The van der Waals surface area contributed by atoms with E-state index in [1.807, 2.05) is 36.4 Å². The molecular weight excluding hydrogens is 432 g/mol. The van der Waals surface area contributed by atoms with E-state index < -0.39 is 0 Å². The number of fused-ring (bicyclic) bond motifs is 1. The summed E-state index contributed by atoms with van der Waals surface area (Å²) in [6.45, 7) is -0.00954. The number of carbonyl (C=O) groups excluding carboxylic acids is 2. The van der Waals surface area contributed by atoms with E-state index >= 15 is 0 Å². The Bertz CT molecular complexity index is 1010. The lowest BCUT2D eigenvalue weighted by atomic mass is 10.2. The van der Waals surface area contributed by atoms with Crippen molar-refractivity contribution in [1.29, 1.82) is 0 Å². The van der Waals surface area contributed by atoms with Gasteiger partial charge in [0.15, 0.2) is 0 Å². The lowest BCUT2D eigenvalue weighted by Gasteiger charge is -2.28. The Morgan fingerprint density at radius 2 is 1.96 bits per heavy atom. The van der Waals surface area contributed by atoms with Crippen LogP contribution in [0, 0.1) is 0 Å². The quantitative estimate of drug-likeness (QED) is 0.618. The third kappa shape index (κ3) is 3.88. The minimum atomic E-state index is -0.220. The predicted octanol–water partition coefficient (Wildman–Crippen LogP) is 3.58. The van der Waals surface area contributed by atoms with Gasteiger partial charge in [-0.1, -0.05) is 39.8 Å². The van der Waals surface area contributed by atoms with Crippen LogP contribution in [0.3, 0.4) is 0 Å². The Balaban J connectivity index is 1.44. The molecule has 0 saturated heterocycles. The molecule has 4 rings (SSSR count). The van der Waals surface area contributed by atoms with Crippen molar-refractivity contribution in [3.8, 4) is 11.5 Å². The van der Waals surface area contributed by atoms with E-state index in [0.29, 0.717) is 22.5 Å². The molecule has 0 unspecified atom stereocenters. The highest BCUT2D eigenvalue weighted by Gasteiger charge is 2.26. The van der Waals surface area contributed by atoms with Crippen LogP contribution in [-0.2, 0) is 9.59 Å². The van der Waals surface area contributed by atoms with Crippen LogP contribution < -0.4 is 10.2 Å². The van der Waals surface area contributed by atoms with Crippen molar-refractivity contribution in [2.75, 3.05) is 22.5 Å². The average Bonchev–Trinajstić information content (AvgIpc) is 3.15. The Kier molecular flexibility index (Phi) is 4.95. The van der Waals surface area contributed by atoms with E-state index in [0.717, 1.165) is 21.8 Å². The van der Waals surface area contributed by atoms with Gasteiger partial charge in [-0.3, -0.25) is 9.59 Å². The van der Waals surface area contributed by atoms with E-state index in [-0.39, 0.29) is 24.1 Å². The monoisotopic (exact) mass is 444 g/mol. The normalized spacial score (nSPS) is 13.2. The fraction of sp³-hybridized carbons (Fsp3) is 0.111.